The minimum atomic E-state index is -0.436. The number of hydrogen-bond donors (Lipinski definition) is 2. The molecule has 0 unspecified atom stereocenters. The second kappa shape index (κ2) is 5.13. The summed E-state index contributed by atoms with van der Waals surface area (Å²) in [6.07, 6.45) is 0.190. The highest BCUT2D eigenvalue weighted by molar-refractivity contribution is 5.17. The van der Waals surface area contributed by atoms with Crippen molar-refractivity contribution in [3.8, 4) is 0 Å². The lowest BCUT2D eigenvalue weighted by Crippen LogP contribution is -2.28. The van der Waals surface area contributed by atoms with E-state index in [0.29, 0.717) is 12.3 Å². The normalized spacial score (nSPS) is 15.5. The van der Waals surface area contributed by atoms with Crippen LogP contribution in [0.15, 0.2) is 30.3 Å². The summed E-state index contributed by atoms with van der Waals surface area (Å²) in [5.41, 5.74) is 6.84. The predicted octanol–water partition coefficient (Wildman–Crippen LogP) is 2.09. The highest BCUT2D eigenvalue weighted by Crippen LogP contribution is 2.19. The van der Waals surface area contributed by atoms with Crippen molar-refractivity contribution in [3.63, 3.8) is 0 Å². The van der Waals surface area contributed by atoms with E-state index in [9.17, 15) is 5.11 Å². The summed E-state index contributed by atoms with van der Waals surface area (Å²) >= 11 is 0. The summed E-state index contributed by atoms with van der Waals surface area (Å²) in [5.74, 6) is 0.411. The van der Waals surface area contributed by atoms with Gasteiger partial charge in [-0.25, -0.2) is 0 Å². The van der Waals surface area contributed by atoms with Crippen LogP contribution in [-0.2, 0) is 0 Å². The summed E-state index contributed by atoms with van der Waals surface area (Å²) in [6.45, 7) is 4.14. The fourth-order valence-corrected chi connectivity index (χ4v) is 1.34. The third-order valence-corrected chi connectivity index (χ3v) is 2.54. The number of benzene rings is 1. The zero-order chi connectivity index (χ0) is 10.6. The quantitative estimate of drug-likeness (QED) is 0.769. The van der Waals surface area contributed by atoms with Gasteiger partial charge in [0.25, 0.3) is 0 Å². The molecule has 1 rings (SSSR count). The summed E-state index contributed by atoms with van der Waals surface area (Å²) in [5, 5.41) is 9.86. The Hall–Kier alpha value is -0.860. The third kappa shape index (κ3) is 3.13. The molecule has 0 aliphatic carbocycles. The lowest BCUT2D eigenvalue weighted by Gasteiger charge is -2.19. The fraction of sp³-hybridized carbons (Fsp3) is 0.500. The summed E-state index contributed by atoms with van der Waals surface area (Å²) < 4.78 is 0. The molecule has 0 saturated heterocycles. The number of aliphatic hydroxyl groups is 1. The van der Waals surface area contributed by atoms with E-state index in [4.69, 9.17) is 5.73 Å². The number of rotatable bonds is 4. The van der Waals surface area contributed by atoms with Crippen LogP contribution in [0.4, 0.5) is 0 Å². The van der Waals surface area contributed by atoms with Gasteiger partial charge in [-0.3, -0.25) is 0 Å². The molecule has 2 heteroatoms. The average molecular weight is 193 g/mol. The van der Waals surface area contributed by atoms with Crippen molar-refractivity contribution in [2.24, 2.45) is 11.7 Å². The Labute approximate surface area is 85.8 Å². The molecule has 0 spiro atoms. The molecule has 0 fully saturated rings. The van der Waals surface area contributed by atoms with Crippen LogP contribution in [-0.4, -0.2) is 11.1 Å². The molecule has 3 N–H and O–H groups in total. The van der Waals surface area contributed by atoms with Gasteiger partial charge in [-0.05, 0) is 17.9 Å². The van der Waals surface area contributed by atoms with E-state index in [0.717, 1.165) is 5.56 Å². The molecule has 0 aromatic heterocycles. The minimum absolute atomic E-state index is 0.0604. The monoisotopic (exact) mass is 193 g/mol. The number of nitrogens with two attached hydrogens (primary N) is 1. The van der Waals surface area contributed by atoms with Crippen LogP contribution < -0.4 is 5.73 Å². The first kappa shape index (κ1) is 11.2. The Morgan fingerprint density at radius 3 is 2.29 bits per heavy atom. The Morgan fingerprint density at radius 1 is 1.21 bits per heavy atom. The van der Waals surface area contributed by atoms with Crippen LogP contribution in [0.3, 0.4) is 0 Å². The van der Waals surface area contributed by atoms with Gasteiger partial charge >= 0.3 is 0 Å². The van der Waals surface area contributed by atoms with Gasteiger partial charge in [-0.15, -0.1) is 0 Å². The van der Waals surface area contributed by atoms with Gasteiger partial charge in [0.2, 0.25) is 0 Å². The summed E-state index contributed by atoms with van der Waals surface area (Å²) in [6, 6.07) is 9.72. The van der Waals surface area contributed by atoms with E-state index in [2.05, 4.69) is 13.8 Å². The van der Waals surface area contributed by atoms with Crippen LogP contribution in [0.2, 0.25) is 0 Å². The highest BCUT2D eigenvalue weighted by atomic mass is 16.3. The van der Waals surface area contributed by atoms with Crippen molar-refractivity contribution in [3.05, 3.63) is 35.9 Å². The first-order chi connectivity index (χ1) is 6.61. The largest absolute Gasteiger partial charge is 0.388 e. The molecule has 0 heterocycles. The first-order valence-corrected chi connectivity index (χ1v) is 5.10. The molecule has 0 saturated carbocycles. The molecule has 0 aliphatic heterocycles. The van der Waals surface area contributed by atoms with Crippen molar-refractivity contribution >= 4 is 0 Å². The second-order valence-corrected chi connectivity index (χ2v) is 4.07. The Bertz CT molecular complexity index is 258. The van der Waals surface area contributed by atoms with E-state index in [1.54, 1.807) is 0 Å². The molecule has 0 radical (unpaired) electrons. The van der Waals surface area contributed by atoms with Crippen molar-refractivity contribution in [2.45, 2.75) is 32.4 Å². The Morgan fingerprint density at radius 2 is 1.79 bits per heavy atom. The summed E-state index contributed by atoms with van der Waals surface area (Å²) in [4.78, 5) is 0. The molecule has 1 aromatic rings. The van der Waals surface area contributed by atoms with Crippen LogP contribution in [0.5, 0.6) is 0 Å². The smallest absolute Gasteiger partial charge is 0.0804 e. The highest BCUT2D eigenvalue weighted by Gasteiger charge is 2.14. The maximum Gasteiger partial charge on any atom is 0.0804 e. The van der Waals surface area contributed by atoms with Gasteiger partial charge < -0.3 is 10.8 Å². The third-order valence-electron chi connectivity index (χ3n) is 2.54. The van der Waals surface area contributed by atoms with E-state index in [1.165, 1.54) is 0 Å². The molecular formula is C12H19NO. The Kier molecular flexibility index (Phi) is 4.11. The minimum Gasteiger partial charge on any atom is -0.388 e. The van der Waals surface area contributed by atoms with Crippen LogP contribution in [0, 0.1) is 5.92 Å². The van der Waals surface area contributed by atoms with Gasteiger partial charge in [0.15, 0.2) is 0 Å². The molecule has 0 bridgehead atoms. The van der Waals surface area contributed by atoms with Crippen LogP contribution >= 0.6 is 0 Å². The van der Waals surface area contributed by atoms with E-state index >= 15 is 0 Å². The first-order valence-electron chi connectivity index (χ1n) is 5.10. The van der Waals surface area contributed by atoms with Gasteiger partial charge in [0, 0.05) is 6.04 Å². The van der Waals surface area contributed by atoms with Gasteiger partial charge in [-0.2, -0.15) is 0 Å². The molecular weight excluding hydrogens is 174 g/mol. The maximum atomic E-state index is 9.86. The number of aliphatic hydroxyl groups excluding tert-OH is 1. The van der Waals surface area contributed by atoms with Gasteiger partial charge in [0.1, 0.15) is 0 Å². The molecule has 0 amide bonds. The van der Waals surface area contributed by atoms with Crippen molar-refractivity contribution in [1.29, 1.82) is 0 Å². The molecule has 14 heavy (non-hydrogen) atoms. The molecule has 1 aromatic carbocycles. The van der Waals surface area contributed by atoms with Gasteiger partial charge in [0.05, 0.1) is 6.10 Å². The Balaban J connectivity index is 2.55. The standard InChI is InChI=1S/C12H19NO/c1-9(2)11(13)8-12(14)10-6-4-3-5-7-10/h3-7,9,11-12,14H,8,13H2,1-2H3/t11-,12+/m0/s1. The topological polar surface area (TPSA) is 46.2 Å². The predicted molar refractivity (Wildman–Crippen MR) is 58.8 cm³/mol. The molecule has 0 aliphatic rings. The fourth-order valence-electron chi connectivity index (χ4n) is 1.34. The zero-order valence-corrected chi connectivity index (χ0v) is 8.85. The van der Waals surface area contributed by atoms with Gasteiger partial charge in [-0.1, -0.05) is 44.2 Å². The van der Waals surface area contributed by atoms with Crippen LogP contribution in [0.1, 0.15) is 31.9 Å². The summed E-state index contributed by atoms with van der Waals surface area (Å²) in [7, 11) is 0. The second-order valence-electron chi connectivity index (χ2n) is 4.07. The van der Waals surface area contributed by atoms with Crippen molar-refractivity contribution in [2.75, 3.05) is 0 Å². The number of hydrogen-bond acceptors (Lipinski definition) is 2. The van der Waals surface area contributed by atoms with E-state index < -0.39 is 6.10 Å². The SMILES string of the molecule is CC(C)[C@@H](N)C[C@@H](O)c1ccccc1. The lowest BCUT2D eigenvalue weighted by molar-refractivity contribution is 0.150. The van der Waals surface area contributed by atoms with E-state index in [-0.39, 0.29) is 6.04 Å². The van der Waals surface area contributed by atoms with E-state index in [1.807, 2.05) is 30.3 Å². The lowest BCUT2D eigenvalue weighted by atomic mass is 9.95. The average Bonchev–Trinajstić information content (AvgIpc) is 2.19. The van der Waals surface area contributed by atoms with Crippen LogP contribution in [0.25, 0.3) is 0 Å². The van der Waals surface area contributed by atoms with Crippen molar-refractivity contribution in [1.82, 2.24) is 0 Å². The molecule has 2 nitrogen and oxygen atoms in total. The maximum absolute atomic E-state index is 9.86. The molecule has 78 valence electrons. The van der Waals surface area contributed by atoms with Crippen molar-refractivity contribution < 1.29 is 5.11 Å². The zero-order valence-electron chi connectivity index (χ0n) is 8.85. The molecule has 2 atom stereocenters.